The van der Waals surface area contributed by atoms with Crippen LogP contribution in [0.4, 0.5) is 14.4 Å². The van der Waals surface area contributed by atoms with Crippen molar-refractivity contribution >= 4 is 24.4 Å². The summed E-state index contributed by atoms with van der Waals surface area (Å²) < 4.78 is 31.2. The van der Waals surface area contributed by atoms with E-state index < -0.39 is 48.4 Å². The van der Waals surface area contributed by atoms with Crippen LogP contribution in [0.2, 0.25) is 0 Å². The predicted octanol–water partition coefficient (Wildman–Crippen LogP) is 5.89. The second-order valence-electron chi connectivity index (χ2n) is 10.6. The van der Waals surface area contributed by atoms with Gasteiger partial charge in [0.25, 0.3) is 0 Å². The van der Waals surface area contributed by atoms with E-state index in [1.165, 1.54) is 18.2 Å². The minimum Gasteiger partial charge on any atom is -0.480 e. The van der Waals surface area contributed by atoms with Gasteiger partial charge in [-0.3, -0.25) is 4.79 Å². The summed E-state index contributed by atoms with van der Waals surface area (Å²) >= 11 is 0. The van der Waals surface area contributed by atoms with Gasteiger partial charge in [0.1, 0.15) is 12.1 Å². The maximum absolute atomic E-state index is 12.4. The first-order valence-corrected chi connectivity index (χ1v) is 13.9. The van der Waals surface area contributed by atoms with Crippen molar-refractivity contribution < 1.29 is 52.7 Å². The Hall–Kier alpha value is -3.54. The first-order chi connectivity index (χ1) is 19.3. The number of hydrogen-bond donors (Lipinski definition) is 2. The van der Waals surface area contributed by atoms with Crippen molar-refractivity contribution in [3.8, 4) is 11.5 Å². The van der Waals surface area contributed by atoms with Crippen LogP contribution in [0.15, 0.2) is 18.2 Å². The molecule has 0 amide bonds. The van der Waals surface area contributed by atoms with Gasteiger partial charge in [0.2, 0.25) is 0 Å². The summed E-state index contributed by atoms with van der Waals surface area (Å²) in [5.41, 5.74) is 6.41. The molecule has 1 aromatic carbocycles. The van der Waals surface area contributed by atoms with Gasteiger partial charge in [0.05, 0.1) is 19.8 Å². The van der Waals surface area contributed by atoms with Crippen molar-refractivity contribution in [3.63, 3.8) is 0 Å². The molecule has 3 unspecified atom stereocenters. The van der Waals surface area contributed by atoms with Gasteiger partial charge in [-0.15, -0.1) is 0 Å². The molecule has 0 aromatic heterocycles. The van der Waals surface area contributed by atoms with Gasteiger partial charge in [-0.05, 0) is 55.7 Å². The Morgan fingerprint density at radius 2 is 1.29 bits per heavy atom. The number of carboxylic acids is 1. The summed E-state index contributed by atoms with van der Waals surface area (Å²) in [6.45, 7) is 13.4. The lowest BCUT2D eigenvalue weighted by Crippen LogP contribution is -2.42. The summed E-state index contributed by atoms with van der Waals surface area (Å²) in [6.07, 6.45) is -1.90. The fraction of sp³-hybridized carbons (Fsp3) is 0.655. The van der Waals surface area contributed by atoms with Crippen LogP contribution in [0.25, 0.3) is 0 Å². The maximum Gasteiger partial charge on any atom is 0.513 e. The van der Waals surface area contributed by atoms with Crippen molar-refractivity contribution in [2.45, 2.75) is 85.8 Å². The monoisotopic (exact) mass is 583 g/mol. The number of ether oxygens (including phenoxy) is 6. The number of aliphatic carboxylic acids is 1. The number of carboxylic acid groups (broad SMARTS) is 1. The van der Waals surface area contributed by atoms with Gasteiger partial charge in [-0.25, -0.2) is 14.4 Å². The van der Waals surface area contributed by atoms with Crippen molar-refractivity contribution in [1.82, 2.24) is 0 Å². The number of carbonyl (C=O) groups is 4. The zero-order valence-corrected chi connectivity index (χ0v) is 25.0. The molecule has 0 bridgehead atoms. The minimum atomic E-state index is -1.43. The third kappa shape index (κ3) is 13.1. The number of nitrogens with two attached hydrogens (primary N) is 1. The molecule has 0 saturated carbocycles. The van der Waals surface area contributed by atoms with Crippen molar-refractivity contribution in [2.75, 3.05) is 19.8 Å². The van der Waals surface area contributed by atoms with Crippen molar-refractivity contribution in [1.29, 1.82) is 0 Å². The predicted molar refractivity (Wildman–Crippen MR) is 149 cm³/mol. The summed E-state index contributed by atoms with van der Waals surface area (Å²) in [7, 11) is 0. The van der Waals surface area contributed by atoms with Crippen LogP contribution in [0.1, 0.15) is 79.2 Å². The molecule has 3 N–H and O–H groups in total. The van der Waals surface area contributed by atoms with Crippen LogP contribution in [-0.4, -0.2) is 61.5 Å². The Morgan fingerprint density at radius 3 is 1.78 bits per heavy atom. The molecule has 1 aromatic rings. The second kappa shape index (κ2) is 18.0. The Kier molecular flexibility index (Phi) is 15.6. The average molecular weight is 584 g/mol. The van der Waals surface area contributed by atoms with E-state index in [0.717, 1.165) is 0 Å². The van der Waals surface area contributed by atoms with E-state index in [0.29, 0.717) is 30.7 Å². The summed E-state index contributed by atoms with van der Waals surface area (Å²) in [4.78, 5) is 48.7. The Morgan fingerprint density at radius 1 is 0.780 bits per heavy atom. The molecule has 0 saturated heterocycles. The van der Waals surface area contributed by atoms with Crippen LogP contribution in [0.3, 0.4) is 0 Å². The smallest absolute Gasteiger partial charge is 0.480 e. The Balaban J connectivity index is 3.34. The van der Waals surface area contributed by atoms with Gasteiger partial charge >= 0.3 is 24.4 Å². The van der Waals surface area contributed by atoms with Crippen molar-refractivity contribution in [3.05, 3.63) is 23.8 Å². The Bertz CT molecular complexity index is 995. The number of benzene rings is 1. The van der Waals surface area contributed by atoms with E-state index >= 15 is 0 Å². The quantitative estimate of drug-likeness (QED) is 0.134. The topological polar surface area (TPSA) is 170 Å². The van der Waals surface area contributed by atoms with Crippen molar-refractivity contribution in [2.24, 2.45) is 23.5 Å². The molecule has 232 valence electrons. The lowest BCUT2D eigenvalue weighted by atomic mass is 9.79. The van der Waals surface area contributed by atoms with Crippen LogP contribution >= 0.6 is 0 Å². The Labute approximate surface area is 241 Å². The molecule has 12 nitrogen and oxygen atoms in total. The number of carbonyl (C=O) groups excluding carboxylic acids is 3. The molecule has 0 spiro atoms. The molecule has 0 aliphatic rings. The first-order valence-electron chi connectivity index (χ1n) is 13.9. The lowest BCUT2D eigenvalue weighted by Gasteiger charge is -2.31. The van der Waals surface area contributed by atoms with E-state index in [4.69, 9.17) is 34.2 Å². The number of hydrogen-bond acceptors (Lipinski definition) is 11. The molecule has 0 radical (unpaired) electrons. The van der Waals surface area contributed by atoms with Gasteiger partial charge in [-0.2, -0.15) is 0 Å². The molecule has 0 aliphatic carbocycles. The third-order valence-corrected chi connectivity index (χ3v) is 6.25. The van der Waals surface area contributed by atoms with Crippen LogP contribution in [0, 0.1) is 17.8 Å². The van der Waals surface area contributed by atoms with E-state index in [-0.39, 0.29) is 37.2 Å². The normalized spacial score (nSPS) is 14.0. The summed E-state index contributed by atoms with van der Waals surface area (Å²) in [5, 5.41) is 9.75. The van der Waals surface area contributed by atoms with Crippen LogP contribution in [0.5, 0.6) is 11.5 Å². The summed E-state index contributed by atoms with van der Waals surface area (Å²) in [6, 6.07) is 2.73. The molecule has 41 heavy (non-hydrogen) atoms. The van der Waals surface area contributed by atoms with E-state index in [9.17, 15) is 24.3 Å². The van der Waals surface area contributed by atoms with Crippen LogP contribution < -0.4 is 15.2 Å². The molecular formula is C29H45NO11. The molecule has 0 fully saturated rings. The molecule has 0 heterocycles. The largest absolute Gasteiger partial charge is 0.513 e. The molecular weight excluding hydrogens is 538 g/mol. The standard InChI is InChI=1S/C29H45NO11/c1-8-13-36-27(33)39-20(7)19(6)24(25(30)26(31)32)21-9-10-22(40-28(34)37-14-11-17(2)3)23(16-21)41-29(35)38-15-12-18(4)5/h9-10,16-20,24-25H,8,11-15,30H2,1-7H3,(H,31,32)/t19?,20?,24?,25-/m0/s1. The second-order valence-corrected chi connectivity index (χ2v) is 10.6. The fourth-order valence-corrected chi connectivity index (χ4v) is 3.65. The first kappa shape index (κ1) is 35.5. The van der Waals surface area contributed by atoms with Gasteiger partial charge in [0, 0.05) is 11.8 Å². The number of rotatable bonds is 16. The zero-order chi connectivity index (χ0) is 31.1. The average Bonchev–Trinajstić information content (AvgIpc) is 2.88. The third-order valence-electron chi connectivity index (χ3n) is 6.25. The molecule has 0 aliphatic heterocycles. The SMILES string of the molecule is CCCOC(=O)OC(C)C(C)C(c1ccc(OC(=O)OCCC(C)C)c(OC(=O)OCCC(C)C)c1)[C@H](N)C(=O)O. The van der Waals surface area contributed by atoms with Gasteiger partial charge < -0.3 is 39.3 Å². The minimum absolute atomic E-state index is 0.107. The zero-order valence-electron chi connectivity index (χ0n) is 25.0. The van der Waals surface area contributed by atoms with E-state index in [1.54, 1.807) is 13.8 Å². The molecule has 12 heteroatoms. The van der Waals surface area contributed by atoms with Gasteiger partial charge in [-0.1, -0.05) is 47.6 Å². The highest BCUT2D eigenvalue weighted by molar-refractivity contribution is 5.75. The van der Waals surface area contributed by atoms with Gasteiger partial charge in [0.15, 0.2) is 11.5 Å². The highest BCUT2D eigenvalue weighted by atomic mass is 16.7. The van der Waals surface area contributed by atoms with E-state index in [2.05, 4.69) is 0 Å². The highest BCUT2D eigenvalue weighted by Gasteiger charge is 2.36. The molecule has 1 rings (SSSR count). The van der Waals surface area contributed by atoms with E-state index in [1.807, 2.05) is 34.6 Å². The highest BCUT2D eigenvalue weighted by Crippen LogP contribution is 2.37. The lowest BCUT2D eigenvalue weighted by molar-refractivity contribution is -0.139. The fourth-order valence-electron chi connectivity index (χ4n) is 3.65. The molecule has 4 atom stereocenters. The summed E-state index contributed by atoms with van der Waals surface area (Å²) in [5.74, 6) is -2.61. The maximum atomic E-state index is 12.4. The van der Waals surface area contributed by atoms with Crippen LogP contribution in [-0.2, 0) is 23.7 Å².